The van der Waals surface area contributed by atoms with E-state index in [1.165, 1.54) is 4.90 Å². The molecule has 1 amide bonds. The van der Waals surface area contributed by atoms with Crippen LogP contribution < -0.4 is 5.32 Å². The molecule has 0 unspecified atom stereocenters. The Labute approximate surface area is 112 Å². The maximum Gasteiger partial charge on any atom is 0.323 e. The van der Waals surface area contributed by atoms with Crippen molar-refractivity contribution < 1.29 is 14.7 Å². The van der Waals surface area contributed by atoms with Gasteiger partial charge in [-0.25, -0.2) is 0 Å². The van der Waals surface area contributed by atoms with Crippen molar-refractivity contribution in [3.63, 3.8) is 0 Å². The third-order valence-electron chi connectivity index (χ3n) is 3.17. The summed E-state index contributed by atoms with van der Waals surface area (Å²) >= 11 is 0. The first-order chi connectivity index (χ1) is 9.11. The Morgan fingerprint density at radius 3 is 2.89 bits per heavy atom. The third kappa shape index (κ3) is 3.05. The van der Waals surface area contributed by atoms with E-state index in [1.54, 1.807) is 6.07 Å². The van der Waals surface area contributed by atoms with Crippen molar-refractivity contribution in [2.45, 2.75) is 19.8 Å². The number of carboxylic acids is 1. The van der Waals surface area contributed by atoms with Gasteiger partial charge in [0, 0.05) is 24.3 Å². The molecule has 1 aromatic rings. The minimum Gasteiger partial charge on any atom is -0.480 e. The van der Waals surface area contributed by atoms with Crippen molar-refractivity contribution >= 4 is 17.6 Å². The van der Waals surface area contributed by atoms with E-state index in [1.807, 2.05) is 19.1 Å². The number of anilines is 1. The molecular weight excluding hydrogens is 244 g/mol. The topological polar surface area (TPSA) is 69.6 Å². The molecule has 0 fully saturated rings. The highest BCUT2D eigenvalue weighted by Gasteiger charge is 2.19. The molecule has 5 heteroatoms. The smallest absolute Gasteiger partial charge is 0.323 e. The van der Waals surface area contributed by atoms with E-state index >= 15 is 0 Å². The summed E-state index contributed by atoms with van der Waals surface area (Å²) in [7, 11) is 0. The normalized spacial score (nSPS) is 12.7. The van der Waals surface area contributed by atoms with Gasteiger partial charge in [-0.1, -0.05) is 6.92 Å². The second-order valence-corrected chi connectivity index (χ2v) is 4.67. The number of amides is 1. The maximum atomic E-state index is 12.3. The van der Waals surface area contributed by atoms with Crippen molar-refractivity contribution in [1.82, 2.24) is 4.90 Å². The van der Waals surface area contributed by atoms with E-state index in [9.17, 15) is 9.59 Å². The molecule has 1 aromatic carbocycles. The number of benzene rings is 1. The van der Waals surface area contributed by atoms with Crippen molar-refractivity contribution in [1.29, 1.82) is 0 Å². The van der Waals surface area contributed by atoms with Gasteiger partial charge in [-0.05, 0) is 36.6 Å². The lowest BCUT2D eigenvalue weighted by molar-refractivity contribution is -0.137. The quantitative estimate of drug-likeness (QED) is 0.845. The van der Waals surface area contributed by atoms with Gasteiger partial charge in [0.05, 0.1) is 0 Å². The van der Waals surface area contributed by atoms with Crippen molar-refractivity contribution in [2.24, 2.45) is 0 Å². The van der Waals surface area contributed by atoms with Crippen molar-refractivity contribution in [3.8, 4) is 0 Å². The number of rotatable bonds is 5. The number of nitrogens with zero attached hydrogens (tertiary/aromatic N) is 1. The molecule has 2 N–H and O–H groups in total. The second kappa shape index (κ2) is 5.73. The fraction of sp³-hybridized carbons (Fsp3) is 0.429. The van der Waals surface area contributed by atoms with E-state index in [0.29, 0.717) is 12.1 Å². The first kappa shape index (κ1) is 13.4. The Morgan fingerprint density at radius 2 is 2.21 bits per heavy atom. The number of fused-ring (bicyclic) bond motifs is 1. The number of nitrogens with one attached hydrogen (secondary N) is 1. The molecule has 0 saturated carbocycles. The van der Waals surface area contributed by atoms with E-state index in [-0.39, 0.29) is 12.5 Å². The maximum absolute atomic E-state index is 12.3. The SMILES string of the molecule is CCCN(CC(=O)O)C(=O)c1ccc2c(c1)CCN2. The monoisotopic (exact) mass is 262 g/mol. The van der Waals surface area contributed by atoms with Crippen LogP contribution in [0.3, 0.4) is 0 Å². The summed E-state index contributed by atoms with van der Waals surface area (Å²) in [6, 6.07) is 5.51. The number of carbonyl (C=O) groups excluding carboxylic acids is 1. The lowest BCUT2D eigenvalue weighted by atomic mass is 10.1. The summed E-state index contributed by atoms with van der Waals surface area (Å²) in [6.45, 7) is 3.03. The van der Waals surface area contributed by atoms with Gasteiger partial charge in [0.25, 0.3) is 5.91 Å². The molecule has 5 nitrogen and oxygen atoms in total. The van der Waals surface area contributed by atoms with Gasteiger partial charge in [0.15, 0.2) is 0 Å². The van der Waals surface area contributed by atoms with Gasteiger partial charge in [0.2, 0.25) is 0 Å². The highest BCUT2D eigenvalue weighted by molar-refractivity contribution is 5.96. The van der Waals surface area contributed by atoms with Crippen LogP contribution in [-0.2, 0) is 11.2 Å². The summed E-state index contributed by atoms with van der Waals surface area (Å²) in [5, 5.41) is 12.1. The molecule has 0 spiro atoms. The van der Waals surface area contributed by atoms with Gasteiger partial charge in [-0.2, -0.15) is 0 Å². The van der Waals surface area contributed by atoms with Gasteiger partial charge in [-0.3, -0.25) is 9.59 Å². The highest BCUT2D eigenvalue weighted by atomic mass is 16.4. The van der Waals surface area contributed by atoms with Crippen LogP contribution in [0.25, 0.3) is 0 Å². The van der Waals surface area contributed by atoms with Crippen LogP contribution in [-0.4, -0.2) is 41.5 Å². The zero-order chi connectivity index (χ0) is 13.8. The van der Waals surface area contributed by atoms with Crippen LogP contribution in [0, 0.1) is 0 Å². The van der Waals surface area contributed by atoms with E-state index in [2.05, 4.69) is 5.32 Å². The average molecular weight is 262 g/mol. The van der Waals surface area contributed by atoms with E-state index < -0.39 is 5.97 Å². The minimum atomic E-state index is -0.982. The lowest BCUT2D eigenvalue weighted by Gasteiger charge is -2.20. The van der Waals surface area contributed by atoms with Crippen LogP contribution in [0.2, 0.25) is 0 Å². The van der Waals surface area contributed by atoms with Gasteiger partial charge < -0.3 is 15.3 Å². The van der Waals surface area contributed by atoms with Crippen LogP contribution in [0.5, 0.6) is 0 Å². The minimum absolute atomic E-state index is 0.209. The zero-order valence-corrected chi connectivity index (χ0v) is 11.0. The summed E-state index contributed by atoms with van der Waals surface area (Å²) in [5.74, 6) is -1.19. The molecular formula is C14H18N2O3. The van der Waals surface area contributed by atoms with Crippen molar-refractivity contribution in [2.75, 3.05) is 25.0 Å². The molecule has 0 saturated heterocycles. The third-order valence-corrected chi connectivity index (χ3v) is 3.17. The molecule has 0 bridgehead atoms. The largest absolute Gasteiger partial charge is 0.480 e. The standard InChI is InChI=1S/C14H18N2O3/c1-2-7-16(9-13(17)18)14(19)11-3-4-12-10(8-11)5-6-15-12/h3-4,8,15H,2,5-7,9H2,1H3,(H,17,18). The molecule has 102 valence electrons. The summed E-state index contributed by atoms with van der Waals surface area (Å²) < 4.78 is 0. The predicted molar refractivity (Wildman–Crippen MR) is 72.5 cm³/mol. The average Bonchev–Trinajstić information content (AvgIpc) is 2.84. The molecule has 1 aliphatic rings. The highest BCUT2D eigenvalue weighted by Crippen LogP contribution is 2.23. The number of hydrogen-bond donors (Lipinski definition) is 2. The van der Waals surface area contributed by atoms with Gasteiger partial charge >= 0.3 is 5.97 Å². The molecule has 0 atom stereocenters. The molecule has 1 aliphatic heterocycles. The van der Waals surface area contributed by atoms with Crippen LogP contribution >= 0.6 is 0 Å². The van der Waals surface area contributed by atoms with Gasteiger partial charge in [0.1, 0.15) is 6.54 Å². The van der Waals surface area contributed by atoms with Crippen LogP contribution in [0.1, 0.15) is 29.3 Å². The predicted octanol–water partition coefficient (Wildman–Crippen LogP) is 1.59. The summed E-state index contributed by atoms with van der Waals surface area (Å²) in [5.41, 5.74) is 2.76. The first-order valence-corrected chi connectivity index (χ1v) is 6.49. The molecule has 19 heavy (non-hydrogen) atoms. The summed E-state index contributed by atoms with van der Waals surface area (Å²) in [6.07, 6.45) is 1.65. The molecule has 0 aromatic heterocycles. The number of carbonyl (C=O) groups is 2. The Kier molecular flexibility index (Phi) is 4.04. The Bertz CT molecular complexity index is 499. The number of aliphatic carboxylic acids is 1. The van der Waals surface area contributed by atoms with Crippen LogP contribution in [0.15, 0.2) is 18.2 Å². The fourth-order valence-electron chi connectivity index (χ4n) is 2.31. The number of carboxylic acid groups (broad SMARTS) is 1. The van der Waals surface area contributed by atoms with Gasteiger partial charge in [-0.15, -0.1) is 0 Å². The molecule has 0 radical (unpaired) electrons. The summed E-state index contributed by atoms with van der Waals surface area (Å²) in [4.78, 5) is 24.5. The fourth-order valence-corrected chi connectivity index (χ4v) is 2.31. The van der Waals surface area contributed by atoms with E-state index in [4.69, 9.17) is 5.11 Å². The lowest BCUT2D eigenvalue weighted by Crippen LogP contribution is -2.36. The molecule has 2 rings (SSSR count). The Hall–Kier alpha value is -2.04. The number of hydrogen-bond acceptors (Lipinski definition) is 3. The van der Waals surface area contributed by atoms with Crippen molar-refractivity contribution in [3.05, 3.63) is 29.3 Å². The molecule has 1 heterocycles. The zero-order valence-electron chi connectivity index (χ0n) is 11.0. The first-order valence-electron chi connectivity index (χ1n) is 6.49. The Morgan fingerprint density at radius 1 is 1.42 bits per heavy atom. The van der Waals surface area contributed by atoms with Crippen LogP contribution in [0.4, 0.5) is 5.69 Å². The second-order valence-electron chi connectivity index (χ2n) is 4.67. The van der Waals surface area contributed by atoms with E-state index in [0.717, 1.165) is 30.6 Å². The Balaban J connectivity index is 2.18. The molecule has 0 aliphatic carbocycles.